The van der Waals surface area contributed by atoms with Crippen LogP contribution in [0.2, 0.25) is 0 Å². The Hall–Kier alpha value is -0.120. The summed E-state index contributed by atoms with van der Waals surface area (Å²) in [5.41, 5.74) is 0.0543. The predicted octanol–water partition coefficient (Wildman–Crippen LogP) is 3.23. The van der Waals surface area contributed by atoms with Crippen LogP contribution in [-0.2, 0) is 9.47 Å². The monoisotopic (exact) mass is 259 g/mol. The van der Waals surface area contributed by atoms with Gasteiger partial charge in [0.05, 0.1) is 24.9 Å². The molecule has 0 saturated heterocycles. The van der Waals surface area contributed by atoms with Crippen molar-refractivity contribution in [2.45, 2.75) is 72.6 Å². The van der Waals surface area contributed by atoms with E-state index >= 15 is 0 Å². The first-order chi connectivity index (χ1) is 8.01. The van der Waals surface area contributed by atoms with E-state index in [1.807, 2.05) is 0 Å². The van der Waals surface area contributed by atoms with Crippen LogP contribution in [0.1, 0.15) is 55.4 Å². The Balaban J connectivity index is 3.92. The van der Waals surface area contributed by atoms with Crippen LogP contribution >= 0.6 is 0 Å². The van der Waals surface area contributed by atoms with Crippen molar-refractivity contribution in [3.8, 4) is 0 Å². The van der Waals surface area contributed by atoms with Crippen molar-refractivity contribution in [3.63, 3.8) is 0 Å². The van der Waals surface area contributed by atoms with E-state index in [0.717, 1.165) is 6.54 Å². The van der Waals surface area contributed by atoms with E-state index in [1.165, 1.54) is 0 Å². The minimum Gasteiger partial charge on any atom is -0.374 e. The van der Waals surface area contributed by atoms with Crippen LogP contribution in [0.3, 0.4) is 0 Å². The van der Waals surface area contributed by atoms with E-state index in [-0.39, 0.29) is 17.2 Å². The third-order valence-electron chi connectivity index (χ3n) is 2.53. The first-order valence-corrected chi connectivity index (χ1v) is 7.02. The lowest BCUT2D eigenvalue weighted by atomic mass is 10.0. The van der Waals surface area contributed by atoms with E-state index in [0.29, 0.717) is 19.1 Å². The van der Waals surface area contributed by atoms with E-state index in [9.17, 15) is 0 Å². The van der Waals surface area contributed by atoms with Gasteiger partial charge in [-0.2, -0.15) is 0 Å². The van der Waals surface area contributed by atoms with Crippen molar-refractivity contribution < 1.29 is 9.47 Å². The molecule has 0 aromatic heterocycles. The van der Waals surface area contributed by atoms with Crippen LogP contribution in [0.4, 0.5) is 0 Å². The lowest BCUT2D eigenvalue weighted by molar-refractivity contribution is -0.0603. The Kier molecular flexibility index (Phi) is 7.41. The summed E-state index contributed by atoms with van der Waals surface area (Å²) in [4.78, 5) is 0. The van der Waals surface area contributed by atoms with E-state index < -0.39 is 0 Å². The van der Waals surface area contributed by atoms with Gasteiger partial charge in [-0.1, -0.05) is 13.8 Å². The number of nitrogens with one attached hydrogen (secondary N) is 1. The van der Waals surface area contributed by atoms with Crippen LogP contribution in [0, 0.1) is 5.92 Å². The molecule has 0 fully saturated rings. The topological polar surface area (TPSA) is 30.5 Å². The third kappa shape index (κ3) is 11.0. The molecule has 3 heteroatoms. The fourth-order valence-electron chi connectivity index (χ4n) is 1.44. The Morgan fingerprint density at radius 2 is 1.50 bits per heavy atom. The van der Waals surface area contributed by atoms with Gasteiger partial charge in [-0.25, -0.2) is 0 Å². The Labute approximate surface area is 114 Å². The van der Waals surface area contributed by atoms with Gasteiger partial charge in [-0.15, -0.1) is 0 Å². The Morgan fingerprint density at radius 3 is 1.89 bits per heavy atom. The van der Waals surface area contributed by atoms with Crippen LogP contribution in [0.25, 0.3) is 0 Å². The fraction of sp³-hybridized carbons (Fsp3) is 1.00. The molecule has 0 spiro atoms. The highest BCUT2D eigenvalue weighted by Gasteiger charge is 2.18. The van der Waals surface area contributed by atoms with Gasteiger partial charge >= 0.3 is 0 Å². The van der Waals surface area contributed by atoms with Crippen molar-refractivity contribution >= 4 is 0 Å². The number of rotatable bonds is 7. The number of hydrogen-bond acceptors (Lipinski definition) is 3. The summed E-state index contributed by atoms with van der Waals surface area (Å²) in [5.74, 6) is 0.509. The SMILES string of the molecule is CC(C)C(CNC(C)(C)C)OCCOC(C)(C)C. The first-order valence-electron chi connectivity index (χ1n) is 7.02. The molecule has 0 aromatic rings. The summed E-state index contributed by atoms with van der Waals surface area (Å²) in [6.45, 7) is 19.3. The summed E-state index contributed by atoms with van der Waals surface area (Å²) in [7, 11) is 0. The summed E-state index contributed by atoms with van der Waals surface area (Å²) in [6.07, 6.45) is 0.243. The van der Waals surface area contributed by atoms with Crippen LogP contribution < -0.4 is 5.32 Å². The van der Waals surface area contributed by atoms with Crippen molar-refractivity contribution in [1.29, 1.82) is 0 Å². The zero-order chi connectivity index (χ0) is 14.4. The van der Waals surface area contributed by atoms with Gasteiger partial charge in [0.25, 0.3) is 0 Å². The molecule has 0 heterocycles. The molecular formula is C15H33NO2. The quantitative estimate of drug-likeness (QED) is 0.712. The molecule has 0 amide bonds. The zero-order valence-electron chi connectivity index (χ0n) is 13.6. The third-order valence-corrected chi connectivity index (χ3v) is 2.53. The molecule has 0 aliphatic carbocycles. The van der Waals surface area contributed by atoms with Gasteiger partial charge in [-0.05, 0) is 47.5 Å². The summed E-state index contributed by atoms with van der Waals surface area (Å²) < 4.78 is 11.6. The number of hydrogen-bond donors (Lipinski definition) is 1. The average Bonchev–Trinajstić information content (AvgIpc) is 2.12. The molecule has 0 saturated carbocycles. The predicted molar refractivity (Wildman–Crippen MR) is 78.0 cm³/mol. The van der Waals surface area contributed by atoms with E-state index in [1.54, 1.807) is 0 Å². The Bertz CT molecular complexity index is 214. The van der Waals surface area contributed by atoms with Gasteiger partial charge in [0.2, 0.25) is 0 Å². The lowest BCUT2D eigenvalue weighted by Gasteiger charge is -2.28. The molecule has 0 aliphatic heterocycles. The van der Waals surface area contributed by atoms with E-state index in [2.05, 4.69) is 60.7 Å². The normalized spacial score (nSPS) is 15.2. The van der Waals surface area contributed by atoms with Gasteiger partial charge in [0.1, 0.15) is 0 Å². The molecule has 1 N–H and O–H groups in total. The fourth-order valence-corrected chi connectivity index (χ4v) is 1.44. The van der Waals surface area contributed by atoms with Crippen molar-refractivity contribution in [3.05, 3.63) is 0 Å². The first kappa shape index (κ1) is 17.9. The van der Waals surface area contributed by atoms with Crippen LogP contribution in [0.15, 0.2) is 0 Å². The highest BCUT2D eigenvalue weighted by molar-refractivity contribution is 4.75. The second kappa shape index (κ2) is 7.46. The average molecular weight is 259 g/mol. The molecule has 1 atom stereocenters. The summed E-state index contributed by atoms with van der Waals surface area (Å²) >= 11 is 0. The summed E-state index contributed by atoms with van der Waals surface area (Å²) in [6, 6.07) is 0. The maximum Gasteiger partial charge on any atom is 0.0723 e. The standard InChI is InChI=1S/C15H33NO2/c1-12(2)13(11-16-14(3,4)5)17-9-10-18-15(6,7)8/h12-13,16H,9-11H2,1-8H3. The van der Waals surface area contributed by atoms with Gasteiger partial charge in [0.15, 0.2) is 0 Å². The highest BCUT2D eigenvalue weighted by Crippen LogP contribution is 2.10. The van der Waals surface area contributed by atoms with Gasteiger partial charge < -0.3 is 14.8 Å². The highest BCUT2D eigenvalue weighted by atomic mass is 16.5. The molecule has 3 nitrogen and oxygen atoms in total. The van der Waals surface area contributed by atoms with Crippen LogP contribution in [0.5, 0.6) is 0 Å². The molecular weight excluding hydrogens is 226 g/mol. The zero-order valence-corrected chi connectivity index (χ0v) is 13.6. The molecule has 110 valence electrons. The van der Waals surface area contributed by atoms with E-state index in [4.69, 9.17) is 9.47 Å². The molecule has 18 heavy (non-hydrogen) atoms. The maximum atomic E-state index is 5.91. The molecule has 0 aromatic carbocycles. The second-order valence-corrected chi connectivity index (χ2v) is 7.24. The second-order valence-electron chi connectivity index (χ2n) is 7.24. The van der Waals surface area contributed by atoms with Crippen molar-refractivity contribution in [2.75, 3.05) is 19.8 Å². The van der Waals surface area contributed by atoms with Crippen molar-refractivity contribution in [1.82, 2.24) is 5.32 Å². The smallest absolute Gasteiger partial charge is 0.0723 e. The van der Waals surface area contributed by atoms with Crippen molar-refractivity contribution in [2.24, 2.45) is 5.92 Å². The molecule has 1 unspecified atom stereocenters. The minimum atomic E-state index is -0.0830. The molecule has 0 bridgehead atoms. The number of ether oxygens (including phenoxy) is 2. The Morgan fingerprint density at radius 1 is 0.944 bits per heavy atom. The lowest BCUT2D eigenvalue weighted by Crippen LogP contribution is -2.43. The largest absolute Gasteiger partial charge is 0.374 e. The maximum absolute atomic E-state index is 5.91. The van der Waals surface area contributed by atoms with Gasteiger partial charge in [-0.3, -0.25) is 0 Å². The van der Waals surface area contributed by atoms with Crippen LogP contribution in [-0.4, -0.2) is 37.0 Å². The molecule has 0 aliphatic rings. The molecule has 0 radical (unpaired) electrons. The van der Waals surface area contributed by atoms with Gasteiger partial charge in [0, 0.05) is 12.1 Å². The summed E-state index contributed by atoms with van der Waals surface area (Å²) in [5, 5.41) is 3.49. The minimum absolute atomic E-state index is 0.0830. The molecule has 0 rings (SSSR count).